The lowest BCUT2D eigenvalue weighted by molar-refractivity contribution is -0.129. The van der Waals surface area contributed by atoms with Crippen LogP contribution in [-0.2, 0) is 14.3 Å². The Bertz CT molecular complexity index is 1030. The van der Waals surface area contributed by atoms with Crippen molar-refractivity contribution < 1.29 is 34.8 Å². The highest BCUT2D eigenvalue weighted by Crippen LogP contribution is 2.73. The third-order valence-electron chi connectivity index (χ3n) is 11.1. The summed E-state index contributed by atoms with van der Waals surface area (Å²) in [5.41, 5.74) is -1.52. The molecule has 0 aromatic carbocycles. The second-order valence-electron chi connectivity index (χ2n) is 12.8. The highest BCUT2D eigenvalue weighted by Gasteiger charge is 2.80. The van der Waals surface area contributed by atoms with Gasteiger partial charge in [-0.3, -0.25) is 9.59 Å². The Hall–Kier alpha value is -1.38. The second-order valence-corrected chi connectivity index (χ2v) is 12.8. The van der Waals surface area contributed by atoms with Crippen LogP contribution in [-0.4, -0.2) is 68.1 Å². The number of ether oxygens (including phenoxy) is 1. The number of aliphatic hydroxyl groups is 4. The quantitative estimate of drug-likeness (QED) is 0.437. The number of carbonyl (C=O) groups is 2. The van der Waals surface area contributed by atoms with E-state index in [4.69, 9.17) is 4.74 Å². The first kappa shape index (κ1) is 25.3. The fourth-order valence-corrected chi connectivity index (χ4v) is 8.37. The zero-order valence-electron chi connectivity index (χ0n) is 21.6. The molecule has 11 atom stereocenters. The summed E-state index contributed by atoms with van der Waals surface area (Å²) in [6.45, 7) is 11.7. The summed E-state index contributed by atoms with van der Waals surface area (Å²) in [5, 5.41) is 43.7. The topological polar surface area (TPSA) is 128 Å². The van der Waals surface area contributed by atoms with Crippen LogP contribution >= 0.6 is 0 Å². The van der Waals surface area contributed by atoms with Crippen molar-refractivity contribution in [2.24, 2.45) is 34.0 Å². The lowest BCUT2D eigenvalue weighted by Gasteiger charge is -2.58. The normalized spacial score (nSPS) is 49.8. The molecule has 1 saturated heterocycles. The van der Waals surface area contributed by atoms with Crippen LogP contribution in [0, 0.1) is 34.0 Å². The molecule has 4 N–H and O–H groups in total. The number of rotatable bonds is 5. The van der Waals surface area contributed by atoms with Gasteiger partial charge in [0.15, 0.2) is 11.4 Å². The number of allylic oxidation sites excluding steroid dienone is 1. The maximum absolute atomic E-state index is 13.6. The molecule has 5 aliphatic rings. The maximum Gasteiger partial charge on any atom is 0.191 e. The van der Waals surface area contributed by atoms with E-state index in [-0.39, 0.29) is 42.2 Å². The zero-order valence-corrected chi connectivity index (χ0v) is 21.6. The first-order valence-electron chi connectivity index (χ1n) is 13.1. The van der Waals surface area contributed by atoms with Crippen molar-refractivity contribution in [2.45, 2.75) is 103 Å². The van der Waals surface area contributed by atoms with Crippen molar-refractivity contribution in [3.05, 3.63) is 23.3 Å². The molecule has 1 unspecified atom stereocenters. The van der Waals surface area contributed by atoms with Gasteiger partial charge in [-0.2, -0.15) is 0 Å². The van der Waals surface area contributed by atoms with E-state index in [1.54, 1.807) is 6.08 Å². The molecule has 7 nitrogen and oxygen atoms in total. The lowest BCUT2D eigenvalue weighted by atomic mass is 9.46. The van der Waals surface area contributed by atoms with Crippen LogP contribution in [0.25, 0.3) is 0 Å². The van der Waals surface area contributed by atoms with Crippen LogP contribution in [0.15, 0.2) is 23.3 Å². The Balaban J connectivity index is 1.55. The largest absolute Gasteiger partial charge is 0.392 e. The van der Waals surface area contributed by atoms with E-state index < -0.39 is 52.4 Å². The van der Waals surface area contributed by atoms with Crippen LogP contribution in [0.1, 0.15) is 67.2 Å². The number of Topliss-reactive ketones (excluding diaryl/α,β-unsaturated/α-hetero) is 1. The number of hydrogen-bond donors (Lipinski definition) is 4. The third kappa shape index (κ3) is 2.90. The molecule has 194 valence electrons. The van der Waals surface area contributed by atoms with Crippen molar-refractivity contribution in [3.63, 3.8) is 0 Å². The van der Waals surface area contributed by atoms with Crippen LogP contribution in [0.2, 0.25) is 0 Å². The molecular formula is C28H40O7. The minimum Gasteiger partial charge on any atom is -0.392 e. The SMILES string of the molecule is CC(C)C(=O)C[C@@H](O)C(C)[C@H]1CC[C@@]2(C)C3=CC(=O)[C@]45O[C@H]4[C@H](O)[C@@H](O)C[C@]5(C)C3=C[C@@H](O)[C@]12C. The highest BCUT2D eigenvalue weighted by molar-refractivity contribution is 6.04. The van der Waals surface area contributed by atoms with Crippen LogP contribution < -0.4 is 0 Å². The monoisotopic (exact) mass is 488 g/mol. The molecule has 2 saturated carbocycles. The number of ketones is 2. The molecule has 35 heavy (non-hydrogen) atoms. The lowest BCUT2D eigenvalue weighted by Crippen LogP contribution is -2.61. The average molecular weight is 489 g/mol. The van der Waals surface area contributed by atoms with Gasteiger partial charge in [0.1, 0.15) is 18.0 Å². The predicted molar refractivity (Wildman–Crippen MR) is 128 cm³/mol. The number of epoxide rings is 1. The van der Waals surface area contributed by atoms with E-state index in [0.29, 0.717) is 0 Å². The minimum atomic E-state index is -1.19. The summed E-state index contributed by atoms with van der Waals surface area (Å²) in [7, 11) is 0. The summed E-state index contributed by atoms with van der Waals surface area (Å²) < 4.78 is 5.88. The molecule has 4 aliphatic carbocycles. The van der Waals surface area contributed by atoms with Crippen LogP contribution in [0.5, 0.6) is 0 Å². The van der Waals surface area contributed by atoms with E-state index in [2.05, 4.69) is 6.92 Å². The standard InChI is InChI=1S/C28H40O7/c1-13(2)18(29)11-19(30)14(3)15-7-8-25(4)16-10-22(33)28-24(35-28)23(34)20(31)12-26(28,5)17(16)9-21(32)27(15,25)6/h9-10,13-15,19-21,23-24,30-32,34H,7-8,11-12H2,1-6H3/t14?,15-,19-,20+,21-,23-,24+,25+,26-,27+,28+/m1/s1. The molecule has 0 amide bonds. The third-order valence-corrected chi connectivity index (χ3v) is 11.1. The van der Waals surface area contributed by atoms with Gasteiger partial charge in [0, 0.05) is 28.6 Å². The van der Waals surface area contributed by atoms with Crippen molar-refractivity contribution in [1.82, 2.24) is 0 Å². The molecular weight excluding hydrogens is 448 g/mol. The van der Waals surface area contributed by atoms with Crippen molar-refractivity contribution in [3.8, 4) is 0 Å². The first-order chi connectivity index (χ1) is 16.2. The highest BCUT2D eigenvalue weighted by atomic mass is 16.6. The summed E-state index contributed by atoms with van der Waals surface area (Å²) in [4.78, 5) is 25.9. The Morgan fingerprint density at radius 1 is 1.11 bits per heavy atom. The Morgan fingerprint density at radius 2 is 1.77 bits per heavy atom. The molecule has 3 fully saturated rings. The van der Waals surface area contributed by atoms with Crippen molar-refractivity contribution in [2.75, 3.05) is 0 Å². The maximum atomic E-state index is 13.6. The fourth-order valence-electron chi connectivity index (χ4n) is 8.37. The molecule has 7 heteroatoms. The molecule has 1 heterocycles. The van der Waals surface area contributed by atoms with E-state index in [1.807, 2.05) is 40.7 Å². The minimum absolute atomic E-state index is 0.0254. The molecule has 5 rings (SSSR count). The summed E-state index contributed by atoms with van der Waals surface area (Å²) in [6.07, 6.45) is 0.745. The molecule has 0 radical (unpaired) electrons. The summed E-state index contributed by atoms with van der Waals surface area (Å²) in [6, 6.07) is 0. The van der Waals surface area contributed by atoms with Gasteiger partial charge in [0.2, 0.25) is 0 Å². The molecule has 0 aromatic rings. The van der Waals surface area contributed by atoms with Gasteiger partial charge in [-0.05, 0) is 48.3 Å². The van der Waals surface area contributed by atoms with Gasteiger partial charge in [0.25, 0.3) is 0 Å². The zero-order chi connectivity index (χ0) is 25.9. The number of hydrogen-bond acceptors (Lipinski definition) is 7. The van der Waals surface area contributed by atoms with Crippen molar-refractivity contribution >= 4 is 11.6 Å². The Morgan fingerprint density at radius 3 is 2.40 bits per heavy atom. The van der Waals surface area contributed by atoms with Gasteiger partial charge in [-0.25, -0.2) is 0 Å². The van der Waals surface area contributed by atoms with Gasteiger partial charge in [0.05, 0.1) is 18.3 Å². The molecule has 0 aromatic heterocycles. The number of carbonyl (C=O) groups excluding carboxylic acids is 2. The summed E-state index contributed by atoms with van der Waals surface area (Å²) >= 11 is 0. The Kier molecular flexibility index (Phi) is 5.47. The van der Waals surface area contributed by atoms with Gasteiger partial charge >= 0.3 is 0 Å². The molecule has 1 spiro atoms. The molecule has 1 aliphatic heterocycles. The smallest absolute Gasteiger partial charge is 0.191 e. The van der Waals surface area contributed by atoms with Gasteiger partial charge < -0.3 is 25.2 Å². The van der Waals surface area contributed by atoms with E-state index in [1.165, 1.54) is 0 Å². The van der Waals surface area contributed by atoms with E-state index in [9.17, 15) is 30.0 Å². The average Bonchev–Trinajstić information content (AvgIpc) is 3.48. The van der Waals surface area contributed by atoms with Crippen LogP contribution in [0.3, 0.4) is 0 Å². The second kappa shape index (κ2) is 7.57. The number of aliphatic hydroxyl groups excluding tert-OH is 4. The first-order valence-corrected chi connectivity index (χ1v) is 13.1. The Labute approximate surface area is 207 Å². The van der Waals surface area contributed by atoms with E-state index >= 15 is 0 Å². The van der Waals surface area contributed by atoms with E-state index in [0.717, 1.165) is 24.0 Å². The summed E-state index contributed by atoms with van der Waals surface area (Å²) in [5.74, 6) is -0.562. The number of fused-ring (bicyclic) bond motifs is 4. The van der Waals surface area contributed by atoms with Crippen LogP contribution in [0.4, 0.5) is 0 Å². The fraction of sp³-hybridized carbons (Fsp3) is 0.786. The predicted octanol–water partition coefficient (Wildman–Crippen LogP) is 2.10. The molecule has 0 bridgehead atoms. The van der Waals surface area contributed by atoms with Gasteiger partial charge in [-0.1, -0.05) is 47.6 Å². The van der Waals surface area contributed by atoms with Crippen molar-refractivity contribution in [1.29, 1.82) is 0 Å². The van der Waals surface area contributed by atoms with Gasteiger partial charge in [-0.15, -0.1) is 0 Å².